The van der Waals surface area contributed by atoms with Crippen molar-refractivity contribution in [2.75, 3.05) is 49.1 Å². The predicted molar refractivity (Wildman–Crippen MR) is 107 cm³/mol. The second kappa shape index (κ2) is 8.04. The number of piperidine rings is 1. The molecule has 1 aromatic heterocycles. The molecule has 0 N–H and O–H groups in total. The molecule has 26 heavy (non-hydrogen) atoms. The highest BCUT2D eigenvalue weighted by Gasteiger charge is 2.21. The van der Waals surface area contributed by atoms with Gasteiger partial charge in [0.25, 0.3) is 0 Å². The molecule has 1 aromatic carbocycles. The van der Waals surface area contributed by atoms with E-state index in [1.54, 1.807) is 0 Å². The highest BCUT2D eigenvalue weighted by Crippen LogP contribution is 2.23. The molecule has 2 aliphatic rings. The summed E-state index contributed by atoms with van der Waals surface area (Å²) in [6.07, 6.45) is 4.52. The Morgan fingerprint density at radius 1 is 0.962 bits per heavy atom. The maximum absolute atomic E-state index is 4.89. The first-order chi connectivity index (χ1) is 12.8. The van der Waals surface area contributed by atoms with Crippen LogP contribution in [0.25, 0.3) is 0 Å². The maximum atomic E-state index is 4.89. The summed E-state index contributed by atoms with van der Waals surface area (Å²) in [5.74, 6) is 2.73. The van der Waals surface area contributed by atoms with Gasteiger partial charge in [-0.05, 0) is 30.4 Å². The molecule has 2 aromatic rings. The van der Waals surface area contributed by atoms with Crippen LogP contribution in [0.15, 0.2) is 42.6 Å². The normalized spacial score (nSPS) is 21.8. The standard InChI is InChI=1S/C21H29N5/c1-18-6-5-11-26(16-18)20-9-10-22-21(23-20)25-14-12-24(13-15-25)17-19-7-3-2-4-8-19/h2-4,7-10,18H,5-6,11-17H2,1H3. The van der Waals surface area contributed by atoms with Crippen LogP contribution in [0.4, 0.5) is 11.8 Å². The van der Waals surface area contributed by atoms with Crippen molar-refractivity contribution < 1.29 is 0 Å². The van der Waals surface area contributed by atoms with Crippen molar-refractivity contribution >= 4 is 11.8 Å². The molecule has 5 heteroatoms. The Hall–Kier alpha value is -2.14. The van der Waals surface area contributed by atoms with E-state index in [4.69, 9.17) is 4.98 Å². The summed E-state index contributed by atoms with van der Waals surface area (Å²) in [5, 5.41) is 0. The molecule has 138 valence electrons. The lowest BCUT2D eigenvalue weighted by Gasteiger charge is -2.36. The topological polar surface area (TPSA) is 35.5 Å². The van der Waals surface area contributed by atoms with E-state index in [2.05, 4.69) is 63.0 Å². The Kier molecular flexibility index (Phi) is 5.34. The van der Waals surface area contributed by atoms with Crippen molar-refractivity contribution in [2.45, 2.75) is 26.3 Å². The van der Waals surface area contributed by atoms with E-state index < -0.39 is 0 Å². The summed E-state index contributed by atoms with van der Waals surface area (Å²) >= 11 is 0. The number of rotatable bonds is 4. The highest BCUT2D eigenvalue weighted by atomic mass is 15.3. The zero-order valence-corrected chi connectivity index (χ0v) is 15.7. The van der Waals surface area contributed by atoms with Gasteiger partial charge >= 0.3 is 0 Å². The fraction of sp³-hybridized carbons (Fsp3) is 0.524. The van der Waals surface area contributed by atoms with Crippen LogP contribution >= 0.6 is 0 Å². The molecular weight excluding hydrogens is 322 g/mol. The molecule has 5 nitrogen and oxygen atoms in total. The molecular formula is C21H29N5. The van der Waals surface area contributed by atoms with Gasteiger partial charge in [0.15, 0.2) is 0 Å². The number of aromatic nitrogens is 2. The van der Waals surface area contributed by atoms with Crippen LogP contribution in [-0.4, -0.2) is 54.1 Å². The number of piperazine rings is 1. The van der Waals surface area contributed by atoms with Crippen LogP contribution in [0.2, 0.25) is 0 Å². The smallest absolute Gasteiger partial charge is 0.227 e. The minimum Gasteiger partial charge on any atom is -0.356 e. The summed E-state index contributed by atoms with van der Waals surface area (Å²) in [7, 11) is 0. The summed E-state index contributed by atoms with van der Waals surface area (Å²) in [4.78, 5) is 16.7. The van der Waals surface area contributed by atoms with E-state index in [1.165, 1.54) is 18.4 Å². The van der Waals surface area contributed by atoms with Gasteiger partial charge in [-0.1, -0.05) is 37.3 Å². The predicted octanol–water partition coefficient (Wildman–Crippen LogP) is 3.04. The first-order valence-electron chi connectivity index (χ1n) is 9.87. The van der Waals surface area contributed by atoms with Crippen molar-refractivity contribution in [3.05, 3.63) is 48.2 Å². The SMILES string of the molecule is CC1CCCN(c2ccnc(N3CCN(Cc4ccccc4)CC3)n2)C1. The number of nitrogens with zero attached hydrogens (tertiary/aromatic N) is 5. The molecule has 0 radical (unpaired) electrons. The highest BCUT2D eigenvalue weighted by molar-refractivity contribution is 5.44. The Balaban J connectivity index is 1.36. The van der Waals surface area contributed by atoms with Crippen LogP contribution in [0.1, 0.15) is 25.3 Å². The Labute approximate surface area is 156 Å². The third-order valence-electron chi connectivity index (χ3n) is 5.51. The molecule has 0 saturated carbocycles. The molecule has 0 amide bonds. The van der Waals surface area contributed by atoms with Gasteiger partial charge in [0.1, 0.15) is 5.82 Å². The number of benzene rings is 1. The van der Waals surface area contributed by atoms with Gasteiger partial charge in [-0.3, -0.25) is 4.90 Å². The molecule has 2 aliphatic heterocycles. The first-order valence-corrected chi connectivity index (χ1v) is 9.87. The van der Waals surface area contributed by atoms with Crippen molar-refractivity contribution in [3.63, 3.8) is 0 Å². The first kappa shape index (κ1) is 17.3. The minimum absolute atomic E-state index is 0.753. The monoisotopic (exact) mass is 351 g/mol. The van der Waals surface area contributed by atoms with Gasteiger partial charge < -0.3 is 9.80 Å². The third-order valence-corrected chi connectivity index (χ3v) is 5.51. The average molecular weight is 351 g/mol. The lowest BCUT2D eigenvalue weighted by Crippen LogP contribution is -2.46. The molecule has 0 aliphatic carbocycles. The largest absolute Gasteiger partial charge is 0.356 e. The van der Waals surface area contributed by atoms with Gasteiger partial charge in [-0.2, -0.15) is 4.98 Å². The summed E-state index contributed by atoms with van der Waals surface area (Å²) in [6, 6.07) is 12.8. The molecule has 1 unspecified atom stereocenters. The number of hydrogen-bond acceptors (Lipinski definition) is 5. The van der Waals surface area contributed by atoms with E-state index in [0.29, 0.717) is 0 Å². The van der Waals surface area contributed by atoms with Gasteiger partial charge in [0, 0.05) is 52.0 Å². The zero-order chi connectivity index (χ0) is 17.8. The van der Waals surface area contributed by atoms with Crippen LogP contribution in [0.3, 0.4) is 0 Å². The Morgan fingerprint density at radius 3 is 2.54 bits per heavy atom. The third kappa shape index (κ3) is 4.15. The fourth-order valence-corrected chi connectivity index (χ4v) is 4.01. The molecule has 0 spiro atoms. The molecule has 4 rings (SSSR count). The van der Waals surface area contributed by atoms with Crippen molar-refractivity contribution in [1.82, 2.24) is 14.9 Å². The van der Waals surface area contributed by atoms with E-state index in [1.807, 2.05) is 6.20 Å². The van der Waals surface area contributed by atoms with Crippen LogP contribution < -0.4 is 9.80 Å². The molecule has 0 bridgehead atoms. The van der Waals surface area contributed by atoms with Crippen molar-refractivity contribution in [3.8, 4) is 0 Å². The van der Waals surface area contributed by atoms with E-state index >= 15 is 0 Å². The quantitative estimate of drug-likeness (QED) is 0.846. The van der Waals surface area contributed by atoms with Gasteiger partial charge in [0.05, 0.1) is 0 Å². The number of anilines is 2. The van der Waals surface area contributed by atoms with Crippen molar-refractivity contribution in [1.29, 1.82) is 0 Å². The zero-order valence-electron chi connectivity index (χ0n) is 15.7. The summed E-state index contributed by atoms with van der Waals surface area (Å²) in [6.45, 7) is 9.69. The minimum atomic E-state index is 0.753. The Morgan fingerprint density at radius 2 is 1.77 bits per heavy atom. The second-order valence-corrected chi connectivity index (χ2v) is 7.66. The molecule has 2 saturated heterocycles. The molecule has 3 heterocycles. The van der Waals surface area contributed by atoms with E-state index in [0.717, 1.165) is 63.5 Å². The van der Waals surface area contributed by atoms with Gasteiger partial charge in [-0.15, -0.1) is 0 Å². The molecule has 1 atom stereocenters. The molecule has 2 fully saturated rings. The van der Waals surface area contributed by atoms with E-state index in [9.17, 15) is 0 Å². The van der Waals surface area contributed by atoms with Crippen molar-refractivity contribution in [2.24, 2.45) is 5.92 Å². The second-order valence-electron chi connectivity index (χ2n) is 7.66. The number of hydrogen-bond donors (Lipinski definition) is 0. The lowest BCUT2D eigenvalue weighted by molar-refractivity contribution is 0.248. The average Bonchev–Trinajstić information content (AvgIpc) is 2.69. The van der Waals surface area contributed by atoms with Gasteiger partial charge in [0.2, 0.25) is 5.95 Å². The van der Waals surface area contributed by atoms with Gasteiger partial charge in [-0.25, -0.2) is 4.98 Å². The lowest BCUT2D eigenvalue weighted by atomic mass is 10.0. The van der Waals surface area contributed by atoms with Crippen LogP contribution in [0, 0.1) is 5.92 Å². The van der Waals surface area contributed by atoms with Crippen LogP contribution in [-0.2, 0) is 6.54 Å². The Bertz CT molecular complexity index is 697. The fourth-order valence-electron chi connectivity index (χ4n) is 4.01. The maximum Gasteiger partial charge on any atom is 0.227 e. The summed E-state index contributed by atoms with van der Waals surface area (Å²) < 4.78 is 0. The van der Waals surface area contributed by atoms with E-state index in [-0.39, 0.29) is 0 Å². The van der Waals surface area contributed by atoms with Crippen LogP contribution in [0.5, 0.6) is 0 Å². The summed E-state index contributed by atoms with van der Waals surface area (Å²) in [5.41, 5.74) is 1.39.